The van der Waals surface area contributed by atoms with Crippen LogP contribution < -0.4 is 10.2 Å². The van der Waals surface area contributed by atoms with Gasteiger partial charge in [0.05, 0.1) is 0 Å². The highest BCUT2D eigenvalue weighted by Crippen LogP contribution is 2.20. The molecule has 0 radical (unpaired) electrons. The summed E-state index contributed by atoms with van der Waals surface area (Å²) in [6, 6.07) is 6.86. The van der Waals surface area contributed by atoms with Gasteiger partial charge in [0, 0.05) is 51.6 Å². The molecule has 1 aliphatic heterocycles. The number of nitrogens with zero attached hydrogens (tertiary/aromatic N) is 2. The minimum absolute atomic E-state index is 0.268. The first kappa shape index (κ1) is 15.3. The third-order valence-corrected chi connectivity index (χ3v) is 3.75. The lowest BCUT2D eigenvalue weighted by Gasteiger charge is -2.30. The van der Waals surface area contributed by atoms with E-state index in [2.05, 4.69) is 47.3 Å². The van der Waals surface area contributed by atoms with Gasteiger partial charge in [0.2, 0.25) is 0 Å². The number of piperazine rings is 1. The molecule has 0 amide bonds. The van der Waals surface area contributed by atoms with E-state index in [9.17, 15) is 0 Å². The Hall–Kier alpha value is -1.10. The summed E-state index contributed by atoms with van der Waals surface area (Å²) in [5, 5.41) is 12.3. The zero-order chi connectivity index (χ0) is 14.4. The van der Waals surface area contributed by atoms with Crippen molar-refractivity contribution in [3.8, 4) is 0 Å². The first-order chi connectivity index (χ1) is 9.69. The van der Waals surface area contributed by atoms with E-state index in [-0.39, 0.29) is 6.61 Å². The predicted molar refractivity (Wildman–Crippen MR) is 84.3 cm³/mol. The zero-order valence-corrected chi connectivity index (χ0v) is 12.7. The van der Waals surface area contributed by atoms with E-state index < -0.39 is 0 Å². The minimum Gasteiger partial charge on any atom is -0.396 e. The molecule has 1 heterocycles. The number of aliphatic hydroxyl groups is 1. The first-order valence-electron chi connectivity index (χ1n) is 7.54. The summed E-state index contributed by atoms with van der Waals surface area (Å²) >= 11 is 0. The zero-order valence-electron chi connectivity index (χ0n) is 12.7. The van der Waals surface area contributed by atoms with Crippen LogP contribution in [0.25, 0.3) is 0 Å². The molecule has 0 aromatic heterocycles. The third-order valence-electron chi connectivity index (χ3n) is 3.75. The van der Waals surface area contributed by atoms with Crippen molar-refractivity contribution in [3.63, 3.8) is 0 Å². The first-order valence-corrected chi connectivity index (χ1v) is 7.54. The topological polar surface area (TPSA) is 38.7 Å². The SMILES string of the molecule is Cc1cc(CN(C)CCCO)cc(N2CCNCC2)c1. The van der Waals surface area contributed by atoms with Crippen LogP contribution in [0, 0.1) is 6.92 Å². The Bertz CT molecular complexity index is 416. The molecule has 0 atom stereocenters. The Morgan fingerprint density at radius 3 is 2.70 bits per heavy atom. The van der Waals surface area contributed by atoms with Crippen molar-refractivity contribution in [2.75, 3.05) is 51.3 Å². The van der Waals surface area contributed by atoms with Crippen LogP contribution in [0.3, 0.4) is 0 Å². The van der Waals surface area contributed by atoms with Crippen LogP contribution in [0.5, 0.6) is 0 Å². The monoisotopic (exact) mass is 277 g/mol. The van der Waals surface area contributed by atoms with Crippen LogP contribution >= 0.6 is 0 Å². The lowest BCUT2D eigenvalue weighted by molar-refractivity contribution is 0.244. The summed E-state index contributed by atoms with van der Waals surface area (Å²) in [7, 11) is 2.11. The van der Waals surface area contributed by atoms with Crippen LogP contribution in [0.4, 0.5) is 5.69 Å². The van der Waals surface area contributed by atoms with Gasteiger partial charge in [-0.25, -0.2) is 0 Å². The van der Waals surface area contributed by atoms with Gasteiger partial charge >= 0.3 is 0 Å². The Morgan fingerprint density at radius 2 is 2.00 bits per heavy atom. The molecule has 112 valence electrons. The standard InChI is InChI=1S/C16H27N3O/c1-14-10-15(13-18(2)6-3-9-20)12-16(11-14)19-7-4-17-5-8-19/h10-12,17,20H,3-9,13H2,1-2H3. The lowest BCUT2D eigenvalue weighted by atomic mass is 10.1. The van der Waals surface area contributed by atoms with Gasteiger partial charge in [-0.2, -0.15) is 0 Å². The fraction of sp³-hybridized carbons (Fsp3) is 0.625. The summed E-state index contributed by atoms with van der Waals surface area (Å²) in [4.78, 5) is 4.73. The molecule has 4 heteroatoms. The van der Waals surface area contributed by atoms with E-state index in [0.29, 0.717) is 0 Å². The number of aliphatic hydroxyl groups excluding tert-OH is 1. The molecule has 20 heavy (non-hydrogen) atoms. The summed E-state index contributed by atoms with van der Waals surface area (Å²) in [6.07, 6.45) is 0.840. The summed E-state index contributed by atoms with van der Waals surface area (Å²) in [6.45, 7) is 8.63. The van der Waals surface area contributed by atoms with E-state index in [1.807, 2.05) is 0 Å². The quantitative estimate of drug-likeness (QED) is 0.820. The number of benzene rings is 1. The number of aryl methyl sites for hydroxylation is 1. The number of rotatable bonds is 6. The smallest absolute Gasteiger partial charge is 0.0443 e. The molecule has 1 aromatic carbocycles. The molecular weight excluding hydrogens is 250 g/mol. The molecule has 2 N–H and O–H groups in total. The fourth-order valence-electron chi connectivity index (χ4n) is 2.77. The molecule has 0 spiro atoms. The molecule has 1 saturated heterocycles. The highest BCUT2D eigenvalue weighted by Gasteiger charge is 2.12. The Morgan fingerprint density at radius 1 is 1.25 bits per heavy atom. The Balaban J connectivity index is 2.03. The third kappa shape index (κ3) is 4.47. The summed E-state index contributed by atoms with van der Waals surface area (Å²) < 4.78 is 0. The summed E-state index contributed by atoms with van der Waals surface area (Å²) in [5.74, 6) is 0. The van der Waals surface area contributed by atoms with Crippen molar-refractivity contribution >= 4 is 5.69 Å². The number of hydrogen-bond acceptors (Lipinski definition) is 4. The second kappa shape index (κ2) is 7.62. The fourth-order valence-corrected chi connectivity index (χ4v) is 2.77. The molecule has 0 aliphatic carbocycles. The highest BCUT2D eigenvalue weighted by molar-refractivity contribution is 5.51. The molecule has 2 rings (SSSR count). The van der Waals surface area contributed by atoms with E-state index in [0.717, 1.165) is 45.7 Å². The van der Waals surface area contributed by atoms with E-state index in [4.69, 9.17) is 5.11 Å². The van der Waals surface area contributed by atoms with Crippen molar-refractivity contribution in [1.29, 1.82) is 0 Å². The van der Waals surface area contributed by atoms with Gasteiger partial charge in [-0.3, -0.25) is 0 Å². The van der Waals surface area contributed by atoms with E-state index in [1.54, 1.807) is 0 Å². The van der Waals surface area contributed by atoms with E-state index >= 15 is 0 Å². The molecule has 1 fully saturated rings. The second-order valence-electron chi connectivity index (χ2n) is 5.73. The highest BCUT2D eigenvalue weighted by atomic mass is 16.3. The molecule has 4 nitrogen and oxygen atoms in total. The van der Waals surface area contributed by atoms with Gasteiger partial charge in [-0.1, -0.05) is 6.07 Å². The second-order valence-corrected chi connectivity index (χ2v) is 5.73. The average molecular weight is 277 g/mol. The minimum atomic E-state index is 0.268. The Kier molecular flexibility index (Phi) is 5.83. The van der Waals surface area contributed by atoms with Crippen molar-refractivity contribution in [1.82, 2.24) is 10.2 Å². The van der Waals surface area contributed by atoms with Crippen LogP contribution in [0.15, 0.2) is 18.2 Å². The van der Waals surface area contributed by atoms with Crippen LogP contribution in [0.2, 0.25) is 0 Å². The van der Waals surface area contributed by atoms with Gasteiger partial charge < -0.3 is 20.2 Å². The van der Waals surface area contributed by atoms with Crippen molar-refractivity contribution in [2.24, 2.45) is 0 Å². The van der Waals surface area contributed by atoms with Crippen LogP contribution in [-0.4, -0.2) is 56.4 Å². The normalized spacial score (nSPS) is 15.9. The molecule has 0 saturated carbocycles. The maximum atomic E-state index is 8.90. The summed E-state index contributed by atoms with van der Waals surface area (Å²) in [5.41, 5.74) is 4.03. The average Bonchev–Trinajstić information content (AvgIpc) is 2.45. The van der Waals surface area contributed by atoms with Gasteiger partial charge in [-0.15, -0.1) is 0 Å². The van der Waals surface area contributed by atoms with Gasteiger partial charge in [-0.05, 0) is 43.7 Å². The maximum absolute atomic E-state index is 8.90. The van der Waals surface area contributed by atoms with Crippen molar-refractivity contribution in [2.45, 2.75) is 19.9 Å². The maximum Gasteiger partial charge on any atom is 0.0443 e. The molecule has 0 unspecified atom stereocenters. The molecule has 0 bridgehead atoms. The van der Waals surface area contributed by atoms with Gasteiger partial charge in [0.1, 0.15) is 0 Å². The predicted octanol–water partition coefficient (Wildman–Crippen LogP) is 1.22. The van der Waals surface area contributed by atoms with Crippen LogP contribution in [-0.2, 0) is 6.54 Å². The molecule has 1 aromatic rings. The van der Waals surface area contributed by atoms with Crippen molar-refractivity contribution in [3.05, 3.63) is 29.3 Å². The number of nitrogens with one attached hydrogen (secondary N) is 1. The largest absolute Gasteiger partial charge is 0.396 e. The lowest BCUT2D eigenvalue weighted by Crippen LogP contribution is -2.43. The molecular formula is C16H27N3O. The Labute approximate surface area is 122 Å². The van der Waals surface area contributed by atoms with E-state index in [1.165, 1.54) is 16.8 Å². The molecule has 1 aliphatic rings. The van der Waals surface area contributed by atoms with Crippen molar-refractivity contribution < 1.29 is 5.11 Å². The van der Waals surface area contributed by atoms with Crippen LogP contribution in [0.1, 0.15) is 17.5 Å². The number of hydrogen-bond donors (Lipinski definition) is 2. The van der Waals surface area contributed by atoms with Gasteiger partial charge in [0.25, 0.3) is 0 Å². The number of anilines is 1. The van der Waals surface area contributed by atoms with Gasteiger partial charge in [0.15, 0.2) is 0 Å².